The van der Waals surface area contributed by atoms with Gasteiger partial charge in [0.2, 0.25) is 0 Å². The second kappa shape index (κ2) is 2.35. The van der Waals surface area contributed by atoms with Crippen molar-refractivity contribution < 1.29 is 13.2 Å². The summed E-state index contributed by atoms with van der Waals surface area (Å²) in [5, 5.41) is 2.59. The SMILES string of the molecule is CN1CC2CC1C(C(F)(F)F)N2. The molecule has 0 saturated carbocycles. The van der Waals surface area contributed by atoms with E-state index in [0.29, 0.717) is 6.42 Å². The van der Waals surface area contributed by atoms with Crippen LogP contribution in [0.4, 0.5) is 13.2 Å². The second-order valence-electron chi connectivity index (χ2n) is 3.63. The molecule has 0 amide bonds. The van der Waals surface area contributed by atoms with Gasteiger partial charge in [-0.25, -0.2) is 0 Å². The van der Waals surface area contributed by atoms with Gasteiger partial charge in [0.15, 0.2) is 0 Å². The van der Waals surface area contributed by atoms with Crippen LogP contribution in [0.2, 0.25) is 0 Å². The van der Waals surface area contributed by atoms with Crippen molar-refractivity contribution in [1.29, 1.82) is 0 Å². The van der Waals surface area contributed by atoms with E-state index in [9.17, 15) is 13.2 Å². The minimum absolute atomic E-state index is 0.0478. The van der Waals surface area contributed by atoms with Crippen LogP contribution in [-0.4, -0.2) is 42.8 Å². The number of likely N-dealkylation sites (tertiary alicyclic amines) is 1. The lowest BCUT2D eigenvalue weighted by atomic mass is 10.1. The standard InChI is InChI=1S/C7H11F3N2/c1-12-3-4-2-5(12)6(11-4)7(8,9)10/h4-6,11H,2-3H2,1H3. The maximum atomic E-state index is 12.3. The van der Waals surface area contributed by atoms with E-state index in [1.807, 2.05) is 0 Å². The largest absolute Gasteiger partial charge is 0.405 e. The van der Waals surface area contributed by atoms with Gasteiger partial charge in [-0.15, -0.1) is 0 Å². The van der Waals surface area contributed by atoms with Gasteiger partial charge in [-0.05, 0) is 13.5 Å². The van der Waals surface area contributed by atoms with Gasteiger partial charge in [0.1, 0.15) is 6.04 Å². The molecule has 0 aromatic carbocycles. The highest BCUT2D eigenvalue weighted by molar-refractivity contribution is 5.05. The van der Waals surface area contributed by atoms with Crippen LogP contribution in [0.15, 0.2) is 0 Å². The molecular formula is C7H11F3N2. The van der Waals surface area contributed by atoms with E-state index in [1.165, 1.54) is 0 Å². The molecular weight excluding hydrogens is 169 g/mol. The van der Waals surface area contributed by atoms with E-state index >= 15 is 0 Å². The van der Waals surface area contributed by atoms with E-state index in [4.69, 9.17) is 0 Å². The van der Waals surface area contributed by atoms with Crippen molar-refractivity contribution in [2.24, 2.45) is 0 Å². The molecule has 2 saturated heterocycles. The lowest BCUT2D eigenvalue weighted by Gasteiger charge is -2.32. The van der Waals surface area contributed by atoms with Gasteiger partial charge >= 0.3 is 6.18 Å². The summed E-state index contributed by atoms with van der Waals surface area (Å²) in [6.45, 7) is 0.747. The number of hydrogen-bond acceptors (Lipinski definition) is 2. The topological polar surface area (TPSA) is 15.3 Å². The number of halogens is 3. The first kappa shape index (κ1) is 8.31. The number of piperazine rings is 1. The van der Waals surface area contributed by atoms with Crippen LogP contribution >= 0.6 is 0 Å². The molecule has 2 aliphatic rings. The summed E-state index contributed by atoms with van der Waals surface area (Å²) in [7, 11) is 1.75. The molecule has 5 heteroatoms. The van der Waals surface area contributed by atoms with Crippen molar-refractivity contribution in [2.45, 2.75) is 30.7 Å². The Hall–Kier alpha value is -0.290. The Labute approximate surface area is 68.7 Å². The van der Waals surface area contributed by atoms with Gasteiger partial charge < -0.3 is 5.32 Å². The Morgan fingerprint density at radius 2 is 2.08 bits per heavy atom. The van der Waals surface area contributed by atoms with E-state index in [1.54, 1.807) is 11.9 Å². The number of hydrogen-bond donors (Lipinski definition) is 1. The van der Waals surface area contributed by atoms with E-state index < -0.39 is 12.2 Å². The Morgan fingerprint density at radius 1 is 1.42 bits per heavy atom. The van der Waals surface area contributed by atoms with Crippen molar-refractivity contribution in [3.63, 3.8) is 0 Å². The summed E-state index contributed by atoms with van der Waals surface area (Å²) in [6.07, 6.45) is -3.45. The third-order valence-corrected chi connectivity index (χ3v) is 2.75. The third kappa shape index (κ3) is 1.11. The normalized spacial score (nSPS) is 42.5. The van der Waals surface area contributed by atoms with Crippen LogP contribution in [0.25, 0.3) is 0 Å². The van der Waals surface area contributed by atoms with Gasteiger partial charge in [0.05, 0.1) is 0 Å². The molecule has 0 aliphatic carbocycles. The highest BCUT2D eigenvalue weighted by atomic mass is 19.4. The molecule has 70 valence electrons. The zero-order chi connectivity index (χ0) is 8.93. The molecule has 2 nitrogen and oxygen atoms in total. The summed E-state index contributed by atoms with van der Waals surface area (Å²) >= 11 is 0. The molecule has 2 fully saturated rings. The van der Waals surface area contributed by atoms with Gasteiger partial charge in [-0.2, -0.15) is 13.2 Å². The summed E-state index contributed by atoms with van der Waals surface area (Å²) in [5.74, 6) is 0. The van der Waals surface area contributed by atoms with E-state index in [-0.39, 0.29) is 12.1 Å². The average Bonchev–Trinajstić information content (AvgIpc) is 2.41. The van der Waals surface area contributed by atoms with Crippen LogP contribution in [0.1, 0.15) is 6.42 Å². The van der Waals surface area contributed by atoms with Crippen LogP contribution in [0.5, 0.6) is 0 Å². The Morgan fingerprint density at radius 3 is 2.42 bits per heavy atom. The van der Waals surface area contributed by atoms with Crippen molar-refractivity contribution in [3.05, 3.63) is 0 Å². The van der Waals surface area contributed by atoms with Crippen LogP contribution in [0, 0.1) is 0 Å². The summed E-state index contributed by atoms with van der Waals surface area (Å²) in [6, 6.07) is -1.59. The predicted octanol–water partition coefficient (Wildman–Crippen LogP) is 0.593. The van der Waals surface area contributed by atoms with Crippen LogP contribution < -0.4 is 5.32 Å². The molecule has 1 N–H and O–H groups in total. The number of nitrogens with zero attached hydrogens (tertiary/aromatic N) is 1. The molecule has 0 radical (unpaired) electrons. The second-order valence-corrected chi connectivity index (χ2v) is 3.63. The smallest absolute Gasteiger partial charge is 0.301 e. The molecule has 2 rings (SSSR count). The zero-order valence-electron chi connectivity index (χ0n) is 6.73. The first-order valence-electron chi connectivity index (χ1n) is 4.01. The summed E-state index contributed by atoms with van der Waals surface area (Å²) < 4.78 is 36.9. The Bertz CT molecular complexity index is 192. The lowest BCUT2D eigenvalue weighted by molar-refractivity contribution is -0.166. The van der Waals surface area contributed by atoms with E-state index in [0.717, 1.165) is 6.54 Å². The van der Waals surface area contributed by atoms with Gasteiger partial charge in [0.25, 0.3) is 0 Å². The quantitative estimate of drug-likeness (QED) is 0.587. The molecule has 3 unspecified atom stereocenters. The fraction of sp³-hybridized carbons (Fsp3) is 1.00. The fourth-order valence-corrected chi connectivity index (χ4v) is 2.22. The lowest BCUT2D eigenvalue weighted by Crippen LogP contribution is -2.56. The third-order valence-electron chi connectivity index (χ3n) is 2.75. The molecule has 2 aliphatic heterocycles. The maximum absolute atomic E-state index is 12.3. The monoisotopic (exact) mass is 180 g/mol. The average molecular weight is 180 g/mol. The Balaban J connectivity index is 2.12. The van der Waals surface area contributed by atoms with Gasteiger partial charge in [-0.3, -0.25) is 4.90 Å². The predicted molar refractivity (Wildman–Crippen MR) is 37.8 cm³/mol. The Kier molecular flexibility index (Phi) is 1.63. The van der Waals surface area contributed by atoms with Gasteiger partial charge in [-0.1, -0.05) is 0 Å². The first-order valence-corrected chi connectivity index (χ1v) is 4.01. The van der Waals surface area contributed by atoms with Crippen molar-refractivity contribution >= 4 is 0 Å². The van der Waals surface area contributed by atoms with Crippen molar-refractivity contribution in [1.82, 2.24) is 10.2 Å². The van der Waals surface area contributed by atoms with E-state index in [2.05, 4.69) is 5.32 Å². The molecule has 0 aromatic rings. The van der Waals surface area contributed by atoms with Gasteiger partial charge in [0, 0.05) is 18.6 Å². The maximum Gasteiger partial charge on any atom is 0.405 e. The minimum Gasteiger partial charge on any atom is -0.301 e. The minimum atomic E-state index is -4.09. The summed E-state index contributed by atoms with van der Waals surface area (Å²) in [5.41, 5.74) is 0. The number of nitrogens with one attached hydrogen (secondary N) is 1. The molecule has 2 heterocycles. The first-order chi connectivity index (χ1) is 5.48. The van der Waals surface area contributed by atoms with Crippen molar-refractivity contribution in [2.75, 3.05) is 13.6 Å². The molecule has 12 heavy (non-hydrogen) atoms. The van der Waals surface area contributed by atoms with Crippen LogP contribution in [0.3, 0.4) is 0 Å². The number of fused-ring (bicyclic) bond motifs is 2. The molecule has 3 atom stereocenters. The number of alkyl halides is 3. The number of rotatable bonds is 0. The highest BCUT2D eigenvalue weighted by Crippen LogP contribution is 2.35. The van der Waals surface area contributed by atoms with Crippen LogP contribution in [-0.2, 0) is 0 Å². The molecule has 2 bridgehead atoms. The zero-order valence-corrected chi connectivity index (χ0v) is 6.73. The summed E-state index contributed by atoms with van der Waals surface area (Å²) in [4.78, 5) is 1.79. The molecule has 0 spiro atoms. The highest BCUT2D eigenvalue weighted by Gasteiger charge is 2.54. The van der Waals surface area contributed by atoms with Crippen molar-refractivity contribution in [3.8, 4) is 0 Å². The fourth-order valence-electron chi connectivity index (χ4n) is 2.22. The number of likely N-dealkylation sites (N-methyl/N-ethyl adjacent to an activating group) is 1. The molecule has 0 aromatic heterocycles.